The topological polar surface area (TPSA) is 333 Å². The largest absolute Gasteiger partial charge is 0.457 e. The fourth-order valence-corrected chi connectivity index (χ4v) is 12.1. The van der Waals surface area contributed by atoms with E-state index in [9.17, 15) is 55.2 Å². The summed E-state index contributed by atoms with van der Waals surface area (Å²) in [5, 5.41) is 91.8. The minimum absolute atomic E-state index is 0.0241. The first-order valence-electron chi connectivity index (χ1n) is 32.7. The summed E-state index contributed by atoms with van der Waals surface area (Å²) in [5.74, 6) is -2.57. The van der Waals surface area contributed by atoms with Crippen LogP contribution in [0.5, 0.6) is 0 Å². The SMILES string of the molecule is CCCCCCCCCCCC(=O)OC1C(OC2C(C)OC3OC4C(O)COC(OC(CCCCC)CCCCCCCCCC(=O)OC2C3O)C4O)OC(C)C(OC2OC(C)C(OC(=O)C(C)CC)C(O)C2O)C1OC1OC(C)C(O)C(O)C1O. The molecule has 6 saturated heterocycles. The van der Waals surface area contributed by atoms with Crippen LogP contribution in [0.2, 0.25) is 0 Å². The Labute approximate surface area is 508 Å². The van der Waals surface area contributed by atoms with Gasteiger partial charge in [-0.05, 0) is 59.8 Å². The minimum Gasteiger partial charge on any atom is -0.457 e. The van der Waals surface area contributed by atoms with E-state index in [2.05, 4.69) is 13.8 Å². The maximum Gasteiger partial charge on any atom is 0.309 e. The zero-order valence-corrected chi connectivity index (χ0v) is 52.3. The van der Waals surface area contributed by atoms with Crippen molar-refractivity contribution in [1.29, 1.82) is 0 Å². The molecule has 0 aromatic carbocycles. The van der Waals surface area contributed by atoms with Crippen LogP contribution in [-0.2, 0) is 76.0 Å². The van der Waals surface area contributed by atoms with Crippen molar-refractivity contribution in [2.75, 3.05) is 6.61 Å². The number of ether oxygens (including phenoxy) is 13. The third-order valence-corrected chi connectivity index (χ3v) is 17.8. The summed E-state index contributed by atoms with van der Waals surface area (Å²) in [5.41, 5.74) is 0. The molecule has 6 aliphatic heterocycles. The van der Waals surface area contributed by atoms with Crippen LogP contribution in [0.4, 0.5) is 0 Å². The van der Waals surface area contributed by atoms with E-state index in [1.807, 2.05) is 0 Å². The van der Waals surface area contributed by atoms with E-state index in [-0.39, 0.29) is 25.6 Å². The molecule has 0 aromatic rings. The van der Waals surface area contributed by atoms with Crippen molar-refractivity contribution >= 4 is 17.9 Å². The van der Waals surface area contributed by atoms with Gasteiger partial charge in [0.2, 0.25) is 0 Å². The molecule has 0 amide bonds. The predicted octanol–water partition coefficient (Wildman–Crippen LogP) is 4.94. The predicted molar refractivity (Wildman–Crippen MR) is 306 cm³/mol. The van der Waals surface area contributed by atoms with Crippen LogP contribution < -0.4 is 0 Å². The summed E-state index contributed by atoms with van der Waals surface area (Å²) in [6.07, 6.45) is -17.8. The number of aliphatic hydroxyl groups excluding tert-OH is 8. The lowest BCUT2D eigenvalue weighted by atomic mass is 9.95. The van der Waals surface area contributed by atoms with Crippen LogP contribution in [0.3, 0.4) is 0 Å². The van der Waals surface area contributed by atoms with Crippen LogP contribution in [0.25, 0.3) is 0 Å². The van der Waals surface area contributed by atoms with E-state index in [0.717, 1.165) is 109 Å². The summed E-state index contributed by atoms with van der Waals surface area (Å²) >= 11 is 0. The lowest BCUT2D eigenvalue weighted by Crippen LogP contribution is -2.68. The lowest BCUT2D eigenvalue weighted by Gasteiger charge is -2.51. The van der Waals surface area contributed by atoms with Crippen molar-refractivity contribution in [2.24, 2.45) is 5.92 Å². The number of carbonyl (C=O) groups is 3. The molecule has 0 aromatic heterocycles. The molecule has 0 spiro atoms. The van der Waals surface area contributed by atoms with E-state index in [1.54, 1.807) is 20.8 Å². The molecule has 6 rings (SSSR count). The first kappa shape index (κ1) is 72.7. The molecular formula is C62H108O24. The molecule has 6 fully saturated rings. The Morgan fingerprint density at radius 2 is 1.05 bits per heavy atom. The monoisotopic (exact) mass is 1240 g/mol. The van der Waals surface area contributed by atoms with E-state index < -0.39 is 171 Å². The Kier molecular flexibility index (Phi) is 31.0. The lowest BCUT2D eigenvalue weighted by molar-refractivity contribution is -0.397. The van der Waals surface area contributed by atoms with Gasteiger partial charge < -0.3 is 102 Å². The summed E-state index contributed by atoms with van der Waals surface area (Å²) in [6, 6.07) is 0. The van der Waals surface area contributed by atoms with Gasteiger partial charge in [-0.3, -0.25) is 14.4 Å². The summed E-state index contributed by atoms with van der Waals surface area (Å²) in [7, 11) is 0. The Morgan fingerprint density at radius 3 is 1.72 bits per heavy atom. The van der Waals surface area contributed by atoms with Gasteiger partial charge in [0.25, 0.3) is 0 Å². The second kappa shape index (κ2) is 36.7. The van der Waals surface area contributed by atoms with Gasteiger partial charge in [0.15, 0.2) is 49.8 Å². The summed E-state index contributed by atoms with van der Waals surface area (Å²) in [4.78, 5) is 41.2. The number of unbranched alkanes of at least 4 members (excludes halogenated alkanes) is 10. The van der Waals surface area contributed by atoms with Crippen molar-refractivity contribution in [3.05, 3.63) is 0 Å². The Bertz CT molecular complexity index is 1960. The summed E-state index contributed by atoms with van der Waals surface area (Å²) < 4.78 is 81.5. The molecule has 6 heterocycles. The average molecular weight is 1240 g/mol. The summed E-state index contributed by atoms with van der Waals surface area (Å²) in [6.45, 7) is 13.5. The average Bonchev–Trinajstić information content (AvgIpc) is 1.12. The van der Waals surface area contributed by atoms with Gasteiger partial charge in [-0.2, -0.15) is 0 Å². The molecule has 24 heteroatoms. The Morgan fingerprint density at radius 1 is 0.500 bits per heavy atom. The van der Waals surface area contributed by atoms with Crippen LogP contribution >= 0.6 is 0 Å². The number of aliphatic hydroxyl groups is 8. The zero-order valence-electron chi connectivity index (χ0n) is 52.3. The molecule has 500 valence electrons. The highest BCUT2D eigenvalue weighted by molar-refractivity contribution is 5.72. The van der Waals surface area contributed by atoms with Crippen molar-refractivity contribution in [1.82, 2.24) is 0 Å². The molecule has 26 atom stereocenters. The van der Waals surface area contributed by atoms with Crippen LogP contribution in [0.15, 0.2) is 0 Å². The number of esters is 3. The molecule has 8 N–H and O–H groups in total. The molecule has 0 saturated carbocycles. The van der Waals surface area contributed by atoms with E-state index in [0.29, 0.717) is 25.7 Å². The van der Waals surface area contributed by atoms with Gasteiger partial charge in [0.05, 0.1) is 43.0 Å². The number of fused-ring (bicyclic) bond motifs is 4. The van der Waals surface area contributed by atoms with E-state index in [1.165, 1.54) is 27.2 Å². The van der Waals surface area contributed by atoms with Crippen molar-refractivity contribution in [3.63, 3.8) is 0 Å². The van der Waals surface area contributed by atoms with E-state index in [4.69, 9.17) is 61.6 Å². The first-order chi connectivity index (χ1) is 41.2. The molecule has 0 aliphatic carbocycles. The quantitative estimate of drug-likeness (QED) is 0.0360. The van der Waals surface area contributed by atoms with Crippen molar-refractivity contribution < 1.29 is 117 Å². The fourth-order valence-electron chi connectivity index (χ4n) is 12.1. The van der Waals surface area contributed by atoms with Gasteiger partial charge in [-0.25, -0.2) is 0 Å². The molecule has 6 aliphatic rings. The highest BCUT2D eigenvalue weighted by atomic mass is 16.8. The van der Waals surface area contributed by atoms with Gasteiger partial charge in [-0.1, -0.05) is 137 Å². The minimum atomic E-state index is -1.90. The third-order valence-electron chi connectivity index (χ3n) is 17.8. The standard InChI is InChI=1S/C62H108O24/c1-9-12-14-15-16-17-20-23-28-32-42(65)81-56-55(86-59-46(69)44(67)43(66)35(5)75-59)52(83-60-47(70)45(68)50(36(6)76-60)82-57(73)34(4)11-3)38(8)78-62(56)84-51-37(7)77-61-49(72)54(51)80-41(64)31-27-24-21-18-19-22-26-30-39(29-25-13-10-2)79-58-48(71)53(85-61)40(63)33-74-58/h34-40,43-56,58-63,66-72H,9-33H2,1-8H3. The third kappa shape index (κ3) is 20.6. The Hall–Kier alpha value is -2.31. The van der Waals surface area contributed by atoms with Crippen molar-refractivity contribution in [2.45, 2.75) is 363 Å². The maximum absolute atomic E-state index is 14.3. The number of rotatable bonds is 24. The van der Waals surface area contributed by atoms with Crippen LogP contribution in [0.1, 0.15) is 209 Å². The number of carbonyl (C=O) groups excluding carboxylic acids is 3. The van der Waals surface area contributed by atoms with Gasteiger partial charge in [-0.15, -0.1) is 0 Å². The highest BCUT2D eigenvalue weighted by Gasteiger charge is 2.58. The Balaban J connectivity index is 1.33. The van der Waals surface area contributed by atoms with Gasteiger partial charge in [0, 0.05) is 12.8 Å². The van der Waals surface area contributed by atoms with Crippen LogP contribution in [-0.4, -0.2) is 219 Å². The van der Waals surface area contributed by atoms with Gasteiger partial charge in [0.1, 0.15) is 73.2 Å². The first-order valence-corrected chi connectivity index (χ1v) is 32.7. The molecule has 0 radical (unpaired) electrons. The second-order valence-corrected chi connectivity index (χ2v) is 24.9. The molecule has 4 bridgehead atoms. The maximum atomic E-state index is 14.3. The zero-order chi connectivity index (χ0) is 62.6. The van der Waals surface area contributed by atoms with Gasteiger partial charge >= 0.3 is 17.9 Å². The molecule has 24 nitrogen and oxygen atoms in total. The van der Waals surface area contributed by atoms with Crippen molar-refractivity contribution in [3.8, 4) is 0 Å². The second-order valence-electron chi connectivity index (χ2n) is 24.9. The smallest absolute Gasteiger partial charge is 0.309 e. The number of hydrogen-bond acceptors (Lipinski definition) is 24. The van der Waals surface area contributed by atoms with E-state index >= 15 is 0 Å². The molecule has 26 unspecified atom stereocenters. The highest BCUT2D eigenvalue weighted by Crippen LogP contribution is 2.39. The number of hydrogen-bond donors (Lipinski definition) is 8. The molecular weight excluding hydrogens is 1130 g/mol. The molecule has 86 heavy (non-hydrogen) atoms. The normalized spacial score (nSPS) is 41.1. The fraction of sp³-hybridized carbons (Fsp3) is 0.952. The van der Waals surface area contributed by atoms with Crippen LogP contribution in [0, 0.1) is 5.92 Å².